The van der Waals surface area contributed by atoms with Gasteiger partial charge in [0.25, 0.3) is 5.91 Å². The van der Waals surface area contributed by atoms with Crippen molar-refractivity contribution in [2.24, 2.45) is 0 Å². The molecule has 1 fully saturated rings. The highest BCUT2D eigenvalue weighted by Gasteiger charge is 2.26. The lowest BCUT2D eigenvalue weighted by Gasteiger charge is -2.31. The Hall–Kier alpha value is -3.20. The molecule has 3 aromatic rings. The van der Waals surface area contributed by atoms with Crippen molar-refractivity contribution < 1.29 is 9.18 Å². The second-order valence-corrected chi connectivity index (χ2v) is 6.86. The summed E-state index contributed by atoms with van der Waals surface area (Å²) in [6, 6.07) is 12.9. The first kappa shape index (κ1) is 17.2. The summed E-state index contributed by atoms with van der Waals surface area (Å²) < 4.78 is 12.8. The third-order valence-corrected chi connectivity index (χ3v) is 5.20. The number of hydrogen-bond acceptors (Lipinski definition) is 3. The summed E-state index contributed by atoms with van der Waals surface area (Å²) in [5.41, 5.74) is 3.30. The van der Waals surface area contributed by atoms with Crippen molar-refractivity contribution in [1.29, 1.82) is 5.26 Å². The van der Waals surface area contributed by atoms with E-state index < -0.39 is 6.67 Å². The smallest absolute Gasteiger partial charge is 0.255 e. The average molecular weight is 362 g/mol. The van der Waals surface area contributed by atoms with Crippen LogP contribution in [0.15, 0.2) is 42.6 Å². The normalized spacial score (nSPS) is 15.0. The first-order valence-electron chi connectivity index (χ1n) is 9.01. The van der Waals surface area contributed by atoms with Gasteiger partial charge in [0, 0.05) is 41.8 Å². The Morgan fingerprint density at radius 1 is 1.30 bits per heavy atom. The van der Waals surface area contributed by atoms with E-state index in [1.165, 1.54) is 0 Å². The molecule has 1 aromatic carbocycles. The minimum Gasteiger partial charge on any atom is -0.343 e. The third-order valence-electron chi connectivity index (χ3n) is 5.20. The van der Waals surface area contributed by atoms with Crippen LogP contribution in [0.3, 0.4) is 0 Å². The summed E-state index contributed by atoms with van der Waals surface area (Å²) in [6.07, 6.45) is 3.23. The number of H-pyrrole nitrogens is 1. The van der Waals surface area contributed by atoms with E-state index in [1.54, 1.807) is 30.5 Å². The number of fused-ring (bicyclic) bond motifs is 1. The number of rotatable bonds is 3. The van der Waals surface area contributed by atoms with Crippen molar-refractivity contribution >= 4 is 16.9 Å². The molecule has 3 heterocycles. The molecule has 0 bridgehead atoms. The summed E-state index contributed by atoms with van der Waals surface area (Å²) >= 11 is 0. The lowest BCUT2D eigenvalue weighted by Crippen LogP contribution is -2.38. The molecule has 5 nitrogen and oxygen atoms in total. The number of carbonyl (C=O) groups excluding carboxylic acids is 1. The minimum atomic E-state index is -0.520. The zero-order valence-electron chi connectivity index (χ0n) is 14.8. The zero-order chi connectivity index (χ0) is 18.8. The fraction of sp³-hybridized carbons (Fsp3) is 0.286. The number of aromatic nitrogens is 2. The van der Waals surface area contributed by atoms with Crippen molar-refractivity contribution in [2.75, 3.05) is 13.1 Å². The molecule has 1 aliphatic heterocycles. The molecule has 1 saturated heterocycles. The Morgan fingerprint density at radius 3 is 2.81 bits per heavy atom. The standard InChI is InChI=1S/C21H19FN4O/c22-11-14-9-17-10-19(25-20(17)24-13-14)15-5-7-26(8-6-15)21(27)18-4-2-1-3-16(18)12-23/h1-4,9-10,13,15H,5-8,11H2,(H,24,25). The Bertz CT molecular complexity index is 1030. The van der Waals surface area contributed by atoms with E-state index >= 15 is 0 Å². The number of piperidine rings is 1. The second kappa shape index (κ2) is 7.20. The largest absolute Gasteiger partial charge is 0.343 e. The van der Waals surface area contributed by atoms with E-state index in [0.717, 1.165) is 29.6 Å². The van der Waals surface area contributed by atoms with Crippen LogP contribution in [0.5, 0.6) is 0 Å². The highest BCUT2D eigenvalue weighted by atomic mass is 19.1. The molecule has 0 aliphatic carbocycles. The summed E-state index contributed by atoms with van der Waals surface area (Å²) in [6.45, 7) is 0.762. The van der Waals surface area contributed by atoms with Crippen LogP contribution in [0.2, 0.25) is 0 Å². The van der Waals surface area contributed by atoms with Crippen molar-refractivity contribution in [1.82, 2.24) is 14.9 Å². The summed E-state index contributed by atoms with van der Waals surface area (Å²) in [5.74, 6) is 0.222. The molecule has 27 heavy (non-hydrogen) atoms. The zero-order valence-corrected chi connectivity index (χ0v) is 14.8. The van der Waals surface area contributed by atoms with Gasteiger partial charge in [0.2, 0.25) is 0 Å². The minimum absolute atomic E-state index is 0.0866. The van der Waals surface area contributed by atoms with Gasteiger partial charge in [-0.15, -0.1) is 0 Å². The lowest BCUT2D eigenvalue weighted by molar-refractivity contribution is 0.0712. The topological polar surface area (TPSA) is 72.8 Å². The van der Waals surface area contributed by atoms with E-state index in [0.29, 0.717) is 35.7 Å². The fourth-order valence-corrected chi connectivity index (χ4v) is 3.71. The molecule has 0 radical (unpaired) electrons. The average Bonchev–Trinajstić information content (AvgIpc) is 3.16. The van der Waals surface area contributed by atoms with Crippen LogP contribution in [-0.2, 0) is 6.67 Å². The number of pyridine rings is 1. The maximum Gasteiger partial charge on any atom is 0.255 e. The van der Waals surface area contributed by atoms with E-state index in [9.17, 15) is 14.4 Å². The molecule has 0 atom stereocenters. The highest BCUT2D eigenvalue weighted by molar-refractivity contribution is 5.96. The van der Waals surface area contributed by atoms with Gasteiger partial charge in [-0.25, -0.2) is 9.37 Å². The van der Waals surface area contributed by atoms with Crippen LogP contribution in [0.25, 0.3) is 11.0 Å². The third kappa shape index (κ3) is 3.28. The molecule has 1 amide bonds. The van der Waals surface area contributed by atoms with E-state index in [-0.39, 0.29) is 5.91 Å². The van der Waals surface area contributed by atoms with Gasteiger partial charge in [-0.1, -0.05) is 12.1 Å². The number of hydrogen-bond donors (Lipinski definition) is 1. The number of amides is 1. The lowest BCUT2D eigenvalue weighted by atomic mass is 9.93. The van der Waals surface area contributed by atoms with Crippen LogP contribution < -0.4 is 0 Å². The number of carbonyl (C=O) groups is 1. The van der Waals surface area contributed by atoms with Crippen LogP contribution in [0.4, 0.5) is 4.39 Å². The van der Waals surface area contributed by atoms with E-state index in [1.807, 2.05) is 17.0 Å². The fourth-order valence-electron chi connectivity index (χ4n) is 3.71. The Labute approximate surface area is 156 Å². The van der Waals surface area contributed by atoms with Gasteiger partial charge in [0.15, 0.2) is 0 Å². The molecule has 0 spiro atoms. The number of likely N-dealkylation sites (tertiary alicyclic amines) is 1. The number of nitriles is 1. The van der Waals surface area contributed by atoms with Crippen LogP contribution >= 0.6 is 0 Å². The monoisotopic (exact) mass is 362 g/mol. The van der Waals surface area contributed by atoms with Gasteiger partial charge in [0.1, 0.15) is 12.3 Å². The highest BCUT2D eigenvalue weighted by Crippen LogP contribution is 2.30. The summed E-state index contributed by atoms with van der Waals surface area (Å²) in [5, 5.41) is 10.1. The molecule has 6 heteroatoms. The van der Waals surface area contributed by atoms with E-state index in [2.05, 4.69) is 16.0 Å². The van der Waals surface area contributed by atoms with Crippen LogP contribution in [-0.4, -0.2) is 33.9 Å². The predicted octanol–water partition coefficient (Wildman–Crippen LogP) is 3.92. The Balaban J connectivity index is 1.47. The molecule has 0 unspecified atom stereocenters. The molecular weight excluding hydrogens is 343 g/mol. The number of nitrogens with zero attached hydrogens (tertiary/aromatic N) is 3. The predicted molar refractivity (Wildman–Crippen MR) is 99.9 cm³/mol. The van der Waals surface area contributed by atoms with Crippen molar-refractivity contribution in [3.05, 3.63) is 65.0 Å². The molecule has 136 valence electrons. The number of nitrogens with one attached hydrogen (secondary N) is 1. The van der Waals surface area contributed by atoms with Crippen molar-refractivity contribution in [3.8, 4) is 6.07 Å². The van der Waals surface area contributed by atoms with Gasteiger partial charge in [0.05, 0.1) is 17.2 Å². The SMILES string of the molecule is N#Cc1ccccc1C(=O)N1CCC(c2cc3cc(CF)cnc3[nH]2)CC1. The maximum atomic E-state index is 12.8. The van der Waals surface area contributed by atoms with Gasteiger partial charge >= 0.3 is 0 Å². The van der Waals surface area contributed by atoms with Gasteiger partial charge < -0.3 is 9.88 Å². The number of benzene rings is 1. The molecular formula is C21H19FN4O. The molecule has 0 saturated carbocycles. The number of halogens is 1. The summed E-state index contributed by atoms with van der Waals surface area (Å²) in [7, 11) is 0. The molecule has 2 aromatic heterocycles. The van der Waals surface area contributed by atoms with Crippen LogP contribution in [0, 0.1) is 11.3 Å². The number of aromatic amines is 1. The first-order valence-corrected chi connectivity index (χ1v) is 9.01. The number of alkyl halides is 1. The van der Waals surface area contributed by atoms with Crippen molar-refractivity contribution in [3.63, 3.8) is 0 Å². The maximum absolute atomic E-state index is 12.8. The molecule has 1 aliphatic rings. The van der Waals surface area contributed by atoms with Crippen molar-refractivity contribution in [2.45, 2.75) is 25.4 Å². The van der Waals surface area contributed by atoms with Gasteiger partial charge in [-0.3, -0.25) is 4.79 Å². The van der Waals surface area contributed by atoms with Gasteiger partial charge in [-0.2, -0.15) is 5.26 Å². The summed E-state index contributed by atoms with van der Waals surface area (Å²) in [4.78, 5) is 22.2. The van der Waals surface area contributed by atoms with Crippen LogP contribution in [0.1, 0.15) is 45.9 Å². The second-order valence-electron chi connectivity index (χ2n) is 6.86. The quantitative estimate of drug-likeness (QED) is 0.767. The van der Waals surface area contributed by atoms with Gasteiger partial charge in [-0.05, 0) is 37.1 Å². The first-order chi connectivity index (χ1) is 13.2. The Kier molecular flexibility index (Phi) is 4.59. The van der Waals surface area contributed by atoms with E-state index in [4.69, 9.17) is 0 Å². The molecule has 1 N–H and O–H groups in total. The Morgan fingerprint density at radius 2 is 2.07 bits per heavy atom. The molecule has 4 rings (SSSR count).